The minimum Gasteiger partial charge on any atom is -0.394 e. The average molecular weight is 431 g/mol. The van der Waals surface area contributed by atoms with Crippen LogP contribution in [0.15, 0.2) is 12.4 Å². The molecule has 30 heavy (non-hydrogen) atoms. The fourth-order valence-corrected chi connectivity index (χ4v) is 2.91. The van der Waals surface area contributed by atoms with Gasteiger partial charge in [0.2, 0.25) is 5.91 Å². The number of hydrogen-bond acceptors (Lipinski definition) is 10. The molecular weight excluding hydrogens is 406 g/mol. The number of nitrogens with one attached hydrogen (secondary N) is 1. The van der Waals surface area contributed by atoms with Crippen LogP contribution in [-0.2, 0) is 25.6 Å². The van der Waals surface area contributed by atoms with Crippen LogP contribution in [-0.4, -0.2) is 104 Å². The number of hydrogen-bond donors (Lipinski definition) is 4. The van der Waals surface area contributed by atoms with E-state index in [0.29, 0.717) is 0 Å². The lowest BCUT2D eigenvalue weighted by molar-refractivity contribution is -0.396. The highest BCUT2D eigenvalue weighted by molar-refractivity contribution is 5.76. The standard InChI is InChI=1S/C16H25N5O9/c1-9(23)18-12-14(26)13(25)10(8-22)30-15(12)29-6-5-19(2)11(24)7-20-4-3-17-16(20)21(27)28/h3-4,10,12-15,22,25-26H,5-8H2,1-2H3,(H,18,23)/t10-,12-,13+,14-,15-/m1/s1. The van der Waals surface area contributed by atoms with Crippen molar-refractivity contribution in [3.63, 3.8) is 0 Å². The number of ether oxygens (including phenoxy) is 2. The second kappa shape index (κ2) is 10.4. The van der Waals surface area contributed by atoms with Gasteiger partial charge in [0.15, 0.2) is 12.8 Å². The first kappa shape index (κ1) is 23.6. The summed E-state index contributed by atoms with van der Waals surface area (Å²) in [6.07, 6.45) is -2.63. The lowest BCUT2D eigenvalue weighted by Gasteiger charge is -2.42. The van der Waals surface area contributed by atoms with Gasteiger partial charge in [-0.3, -0.25) is 9.59 Å². The molecule has 1 aromatic rings. The van der Waals surface area contributed by atoms with Gasteiger partial charge in [0.25, 0.3) is 5.91 Å². The maximum Gasteiger partial charge on any atom is 0.435 e. The molecule has 0 aliphatic carbocycles. The van der Waals surface area contributed by atoms with E-state index >= 15 is 0 Å². The Bertz CT molecular complexity index is 757. The van der Waals surface area contributed by atoms with E-state index in [1.54, 1.807) is 0 Å². The summed E-state index contributed by atoms with van der Waals surface area (Å²) in [6, 6.07) is -1.09. The van der Waals surface area contributed by atoms with Gasteiger partial charge in [-0.2, -0.15) is 0 Å². The summed E-state index contributed by atoms with van der Waals surface area (Å²) in [6.45, 7) is 0.341. The minimum atomic E-state index is -1.44. The highest BCUT2D eigenvalue weighted by atomic mass is 16.7. The fourth-order valence-electron chi connectivity index (χ4n) is 2.91. The second-order valence-corrected chi connectivity index (χ2v) is 6.73. The van der Waals surface area contributed by atoms with Crippen molar-refractivity contribution in [2.45, 2.75) is 44.1 Å². The Morgan fingerprint density at radius 2 is 2.13 bits per heavy atom. The number of carbonyl (C=O) groups excluding carboxylic acids is 2. The Balaban J connectivity index is 1.92. The largest absolute Gasteiger partial charge is 0.435 e. The molecule has 0 radical (unpaired) electrons. The predicted molar refractivity (Wildman–Crippen MR) is 97.8 cm³/mol. The molecule has 1 aliphatic rings. The highest BCUT2D eigenvalue weighted by Gasteiger charge is 2.45. The quantitative estimate of drug-likeness (QED) is 0.235. The molecule has 1 fully saturated rings. The molecule has 14 heteroatoms. The van der Waals surface area contributed by atoms with Gasteiger partial charge in [-0.05, 0) is 4.92 Å². The van der Waals surface area contributed by atoms with Gasteiger partial charge in [-0.1, -0.05) is 4.98 Å². The average Bonchev–Trinajstić information content (AvgIpc) is 3.15. The van der Waals surface area contributed by atoms with Crippen molar-refractivity contribution in [2.24, 2.45) is 0 Å². The van der Waals surface area contributed by atoms with E-state index in [1.165, 1.54) is 31.3 Å². The van der Waals surface area contributed by atoms with E-state index in [9.17, 15) is 35.0 Å². The molecule has 0 bridgehead atoms. The number of nitro groups is 1. The summed E-state index contributed by atoms with van der Waals surface area (Å²) in [5, 5.41) is 42.7. The van der Waals surface area contributed by atoms with Crippen LogP contribution in [0.1, 0.15) is 6.92 Å². The van der Waals surface area contributed by atoms with Crippen molar-refractivity contribution < 1.29 is 39.3 Å². The van der Waals surface area contributed by atoms with Gasteiger partial charge in [0.1, 0.15) is 36.7 Å². The van der Waals surface area contributed by atoms with Gasteiger partial charge in [-0.25, -0.2) is 4.57 Å². The van der Waals surface area contributed by atoms with Crippen molar-refractivity contribution in [3.8, 4) is 0 Å². The number of aliphatic hydroxyl groups excluding tert-OH is 3. The Morgan fingerprint density at radius 1 is 1.43 bits per heavy atom. The zero-order valence-corrected chi connectivity index (χ0v) is 16.4. The summed E-state index contributed by atoms with van der Waals surface area (Å²) < 4.78 is 12.0. The van der Waals surface area contributed by atoms with Crippen LogP contribution in [0.2, 0.25) is 0 Å². The van der Waals surface area contributed by atoms with E-state index < -0.39 is 59.9 Å². The third-order valence-corrected chi connectivity index (χ3v) is 4.55. The second-order valence-electron chi connectivity index (χ2n) is 6.73. The zero-order valence-electron chi connectivity index (χ0n) is 16.4. The van der Waals surface area contributed by atoms with Crippen molar-refractivity contribution in [3.05, 3.63) is 22.5 Å². The van der Waals surface area contributed by atoms with Crippen LogP contribution in [0.25, 0.3) is 0 Å². The normalized spacial score (nSPS) is 26.2. The number of aromatic nitrogens is 2. The molecule has 2 heterocycles. The first-order chi connectivity index (χ1) is 14.1. The predicted octanol–water partition coefficient (Wildman–Crippen LogP) is -2.79. The molecule has 2 rings (SSSR count). The van der Waals surface area contributed by atoms with Crippen molar-refractivity contribution in [1.82, 2.24) is 19.8 Å². The highest BCUT2D eigenvalue weighted by Crippen LogP contribution is 2.22. The lowest BCUT2D eigenvalue weighted by atomic mass is 9.97. The molecule has 1 aliphatic heterocycles. The summed E-state index contributed by atoms with van der Waals surface area (Å²) in [4.78, 5) is 38.7. The number of rotatable bonds is 9. The number of amides is 2. The van der Waals surface area contributed by atoms with Gasteiger partial charge in [0, 0.05) is 20.5 Å². The van der Waals surface area contributed by atoms with Gasteiger partial charge in [0.05, 0.1) is 13.2 Å². The summed E-state index contributed by atoms with van der Waals surface area (Å²) in [5.74, 6) is -1.38. The number of imidazole rings is 1. The van der Waals surface area contributed by atoms with Crippen LogP contribution >= 0.6 is 0 Å². The van der Waals surface area contributed by atoms with Crippen LogP contribution in [0.4, 0.5) is 5.95 Å². The van der Waals surface area contributed by atoms with E-state index in [2.05, 4.69) is 10.3 Å². The van der Waals surface area contributed by atoms with Gasteiger partial charge >= 0.3 is 5.95 Å². The maximum absolute atomic E-state index is 12.3. The number of aliphatic hydroxyl groups is 3. The molecule has 0 saturated carbocycles. The van der Waals surface area contributed by atoms with Crippen molar-refractivity contribution >= 4 is 17.8 Å². The fraction of sp³-hybridized carbons (Fsp3) is 0.688. The maximum atomic E-state index is 12.3. The molecule has 168 valence electrons. The van der Waals surface area contributed by atoms with E-state index in [0.717, 1.165) is 4.57 Å². The molecule has 2 amide bonds. The van der Waals surface area contributed by atoms with E-state index in [4.69, 9.17) is 9.47 Å². The Kier molecular flexibility index (Phi) is 8.19. The molecule has 0 unspecified atom stereocenters. The monoisotopic (exact) mass is 431 g/mol. The molecule has 5 atom stereocenters. The first-order valence-corrected chi connectivity index (χ1v) is 9.06. The van der Waals surface area contributed by atoms with Crippen molar-refractivity contribution in [1.29, 1.82) is 0 Å². The van der Waals surface area contributed by atoms with Crippen LogP contribution in [0.3, 0.4) is 0 Å². The molecular formula is C16H25N5O9. The van der Waals surface area contributed by atoms with Crippen LogP contribution in [0, 0.1) is 10.1 Å². The summed E-state index contributed by atoms with van der Waals surface area (Å²) in [7, 11) is 1.47. The molecule has 4 N–H and O–H groups in total. The molecule has 14 nitrogen and oxygen atoms in total. The molecule has 0 aromatic carbocycles. The van der Waals surface area contributed by atoms with E-state index in [1.807, 2.05) is 0 Å². The first-order valence-electron chi connectivity index (χ1n) is 9.06. The Morgan fingerprint density at radius 3 is 2.73 bits per heavy atom. The SMILES string of the molecule is CC(=O)N[C@H]1[C@H](OCCN(C)C(=O)Cn2ccnc2[N+](=O)[O-])O[C@H](CO)[C@H](O)[C@@H]1O. The summed E-state index contributed by atoms with van der Waals surface area (Å²) >= 11 is 0. The number of nitrogens with zero attached hydrogens (tertiary/aromatic N) is 4. The lowest BCUT2D eigenvalue weighted by Crippen LogP contribution is -2.64. The third kappa shape index (κ3) is 5.70. The van der Waals surface area contributed by atoms with Crippen LogP contribution < -0.4 is 5.32 Å². The minimum absolute atomic E-state index is 0.0659. The molecule has 0 spiro atoms. The van der Waals surface area contributed by atoms with Crippen molar-refractivity contribution in [2.75, 3.05) is 26.8 Å². The van der Waals surface area contributed by atoms with E-state index in [-0.39, 0.29) is 19.7 Å². The Hall–Kier alpha value is -2.65. The third-order valence-electron chi connectivity index (χ3n) is 4.55. The molecule has 1 saturated heterocycles. The zero-order chi connectivity index (χ0) is 22.4. The Labute approximate surface area is 171 Å². The van der Waals surface area contributed by atoms with Gasteiger partial charge < -0.3 is 45.1 Å². The molecule has 1 aromatic heterocycles. The van der Waals surface area contributed by atoms with Crippen LogP contribution in [0.5, 0.6) is 0 Å². The summed E-state index contributed by atoms with van der Waals surface area (Å²) in [5.41, 5.74) is 0. The number of carbonyl (C=O) groups is 2. The smallest absolute Gasteiger partial charge is 0.394 e. The van der Waals surface area contributed by atoms with Gasteiger partial charge in [-0.15, -0.1) is 0 Å². The topological polar surface area (TPSA) is 190 Å². The number of likely N-dealkylation sites (N-methyl/N-ethyl adjacent to an activating group) is 1.